The molecule has 0 aliphatic heterocycles. The number of hydrogen-bond donors (Lipinski definition) is 0. The molecule has 0 fully saturated rings. The van der Waals surface area contributed by atoms with Gasteiger partial charge in [-0.1, -0.05) is 91.0 Å². The summed E-state index contributed by atoms with van der Waals surface area (Å²) in [5.74, 6) is -0.407. The maximum atomic E-state index is 10.9. The van der Waals surface area contributed by atoms with Crippen molar-refractivity contribution < 1.29 is 47.4 Å². The van der Waals surface area contributed by atoms with Gasteiger partial charge in [-0.25, -0.2) is 4.79 Å². The summed E-state index contributed by atoms with van der Waals surface area (Å²) < 4.78 is 49.5. The Kier molecular flexibility index (Phi) is 19.5. The van der Waals surface area contributed by atoms with Crippen molar-refractivity contribution in [3.05, 3.63) is 108 Å². The molecule has 10 nitrogen and oxygen atoms in total. The van der Waals surface area contributed by atoms with Gasteiger partial charge in [-0.2, -0.15) is 0 Å². The maximum absolute atomic E-state index is 10.9. The highest BCUT2D eigenvalue weighted by Gasteiger charge is 2.37. The molecule has 0 atom stereocenters. The Hall–Kier alpha value is -3.19. The zero-order valence-electron chi connectivity index (χ0n) is 26.8. The second-order valence-electron chi connectivity index (χ2n) is 9.93. The fourth-order valence-electron chi connectivity index (χ4n) is 4.56. The molecule has 3 aromatic rings. The van der Waals surface area contributed by atoms with Crippen LogP contribution in [0.4, 0.5) is 0 Å². The molecule has 10 heteroatoms. The minimum Gasteiger partial charge on any atom is -0.467 e. The normalized spacial score (nSPS) is 11.5. The standard InChI is InChI=1S/C36H48O10/c1-38-35(37)31-45-28-27-43-24-23-41-20-19-39-17-18-40-21-22-42-25-26-44-29-30-46-36(32-11-5-2-6-12-32,33-13-7-3-8-14-33)34-15-9-4-10-16-34/h2-16H,17-31H2,1H3. The minimum absolute atomic E-state index is 0.0708. The number of hydrogen-bond acceptors (Lipinski definition) is 10. The highest BCUT2D eigenvalue weighted by molar-refractivity contribution is 5.70. The van der Waals surface area contributed by atoms with Gasteiger partial charge in [0.05, 0.1) is 99.6 Å². The van der Waals surface area contributed by atoms with Crippen LogP contribution in [-0.2, 0) is 53.0 Å². The second-order valence-corrected chi connectivity index (χ2v) is 9.93. The van der Waals surface area contributed by atoms with Crippen LogP contribution in [0.3, 0.4) is 0 Å². The molecule has 0 aliphatic rings. The number of rotatable bonds is 27. The molecule has 0 unspecified atom stereocenters. The zero-order valence-corrected chi connectivity index (χ0v) is 26.8. The number of methoxy groups -OCH3 is 1. The summed E-state index contributed by atoms with van der Waals surface area (Å²) in [6.45, 7) is 6.23. The van der Waals surface area contributed by atoms with Crippen LogP contribution in [0.1, 0.15) is 16.7 Å². The Morgan fingerprint density at radius 1 is 0.435 bits per heavy atom. The van der Waals surface area contributed by atoms with Crippen molar-refractivity contribution in [2.75, 3.05) is 106 Å². The van der Waals surface area contributed by atoms with Crippen molar-refractivity contribution in [3.63, 3.8) is 0 Å². The van der Waals surface area contributed by atoms with Crippen molar-refractivity contribution in [1.82, 2.24) is 0 Å². The first-order valence-corrected chi connectivity index (χ1v) is 15.7. The van der Waals surface area contributed by atoms with Crippen molar-refractivity contribution in [1.29, 1.82) is 0 Å². The van der Waals surface area contributed by atoms with Crippen LogP contribution in [0, 0.1) is 0 Å². The summed E-state index contributed by atoms with van der Waals surface area (Å²) in [5, 5.41) is 0. The Morgan fingerprint density at radius 2 is 0.717 bits per heavy atom. The van der Waals surface area contributed by atoms with Gasteiger partial charge in [-0.05, 0) is 16.7 Å². The summed E-state index contributed by atoms with van der Waals surface area (Å²) >= 11 is 0. The van der Waals surface area contributed by atoms with Crippen molar-refractivity contribution in [2.45, 2.75) is 5.60 Å². The Balaban J connectivity index is 1.18. The third kappa shape index (κ3) is 14.1. The zero-order chi connectivity index (χ0) is 32.4. The third-order valence-electron chi connectivity index (χ3n) is 6.77. The number of ether oxygens (including phenoxy) is 9. The van der Waals surface area contributed by atoms with E-state index in [1.807, 2.05) is 54.6 Å². The van der Waals surface area contributed by atoms with Gasteiger partial charge < -0.3 is 42.6 Å². The van der Waals surface area contributed by atoms with Crippen LogP contribution in [0.25, 0.3) is 0 Å². The van der Waals surface area contributed by atoms with E-state index >= 15 is 0 Å². The van der Waals surface area contributed by atoms with E-state index in [0.717, 1.165) is 16.7 Å². The Morgan fingerprint density at radius 3 is 1.02 bits per heavy atom. The third-order valence-corrected chi connectivity index (χ3v) is 6.77. The van der Waals surface area contributed by atoms with E-state index in [1.54, 1.807) is 0 Å². The van der Waals surface area contributed by atoms with Gasteiger partial charge in [-0.3, -0.25) is 0 Å². The highest BCUT2D eigenvalue weighted by Crippen LogP contribution is 2.40. The molecule has 46 heavy (non-hydrogen) atoms. The first kappa shape index (κ1) is 37.3. The van der Waals surface area contributed by atoms with Crippen LogP contribution in [-0.4, -0.2) is 112 Å². The number of carbonyl (C=O) groups excluding carboxylic acids is 1. The quantitative estimate of drug-likeness (QED) is 0.0682. The molecule has 3 rings (SSSR count). The molecule has 0 aliphatic carbocycles. The van der Waals surface area contributed by atoms with Crippen LogP contribution in [0.2, 0.25) is 0 Å². The number of carbonyl (C=O) groups is 1. The summed E-state index contributed by atoms with van der Waals surface area (Å²) in [4.78, 5) is 10.9. The summed E-state index contributed by atoms with van der Waals surface area (Å²) in [6.07, 6.45) is 0. The molecule has 0 saturated carbocycles. The van der Waals surface area contributed by atoms with Crippen molar-refractivity contribution in [2.24, 2.45) is 0 Å². The van der Waals surface area contributed by atoms with E-state index in [9.17, 15) is 4.79 Å². The van der Waals surface area contributed by atoms with Crippen molar-refractivity contribution >= 4 is 5.97 Å². The largest absolute Gasteiger partial charge is 0.467 e. The lowest BCUT2D eigenvalue weighted by Gasteiger charge is -2.36. The van der Waals surface area contributed by atoms with Crippen LogP contribution < -0.4 is 0 Å². The van der Waals surface area contributed by atoms with Gasteiger partial charge in [0.25, 0.3) is 0 Å². The molecule has 0 saturated heterocycles. The molecule has 3 aromatic carbocycles. The van der Waals surface area contributed by atoms with Crippen LogP contribution in [0.15, 0.2) is 91.0 Å². The second kappa shape index (κ2) is 24.0. The van der Waals surface area contributed by atoms with Crippen molar-refractivity contribution in [3.8, 4) is 0 Å². The van der Waals surface area contributed by atoms with E-state index in [0.29, 0.717) is 92.5 Å². The summed E-state index contributed by atoms with van der Waals surface area (Å²) in [7, 11) is 1.32. The monoisotopic (exact) mass is 640 g/mol. The van der Waals surface area contributed by atoms with Gasteiger partial charge in [0, 0.05) is 0 Å². The average molecular weight is 641 g/mol. The fraction of sp³-hybridized carbons (Fsp3) is 0.472. The van der Waals surface area contributed by atoms with E-state index in [-0.39, 0.29) is 6.61 Å². The van der Waals surface area contributed by atoms with E-state index < -0.39 is 11.6 Å². The van der Waals surface area contributed by atoms with E-state index in [1.165, 1.54) is 7.11 Å². The van der Waals surface area contributed by atoms with Gasteiger partial charge >= 0.3 is 5.97 Å². The first-order chi connectivity index (χ1) is 22.8. The van der Waals surface area contributed by atoms with Gasteiger partial charge in [0.1, 0.15) is 12.2 Å². The molecule has 0 aromatic heterocycles. The fourth-order valence-corrected chi connectivity index (χ4v) is 4.56. The summed E-state index contributed by atoms with van der Waals surface area (Å²) in [6, 6.07) is 30.9. The molecular formula is C36H48O10. The molecule has 0 bridgehead atoms. The van der Waals surface area contributed by atoms with Gasteiger partial charge in [-0.15, -0.1) is 0 Å². The summed E-state index contributed by atoms with van der Waals surface area (Å²) in [5.41, 5.74) is 2.44. The topological polar surface area (TPSA) is 100 Å². The van der Waals surface area contributed by atoms with E-state index in [2.05, 4.69) is 41.1 Å². The van der Waals surface area contributed by atoms with Crippen LogP contribution >= 0.6 is 0 Å². The minimum atomic E-state index is -0.752. The van der Waals surface area contributed by atoms with E-state index in [4.69, 9.17) is 37.9 Å². The lowest BCUT2D eigenvalue weighted by Crippen LogP contribution is -2.34. The Bertz CT molecular complexity index is 1050. The molecule has 0 heterocycles. The molecule has 0 spiro atoms. The Labute approximate surface area is 272 Å². The predicted octanol–water partition coefficient (Wildman–Crippen LogP) is 4.28. The molecule has 0 N–H and O–H groups in total. The molecular weight excluding hydrogens is 592 g/mol. The lowest BCUT2D eigenvalue weighted by molar-refractivity contribution is -0.146. The SMILES string of the molecule is COC(=O)COCCOCCOCCOCCOCCOCCOCCOC(c1ccccc1)(c1ccccc1)c1ccccc1. The average Bonchev–Trinajstić information content (AvgIpc) is 3.11. The van der Waals surface area contributed by atoms with Gasteiger partial charge in [0.2, 0.25) is 0 Å². The number of benzene rings is 3. The smallest absolute Gasteiger partial charge is 0.331 e. The maximum Gasteiger partial charge on any atom is 0.331 e. The molecule has 252 valence electrons. The molecule has 0 radical (unpaired) electrons. The first-order valence-electron chi connectivity index (χ1n) is 15.7. The molecule has 0 amide bonds. The lowest BCUT2D eigenvalue weighted by atomic mass is 9.80. The predicted molar refractivity (Wildman–Crippen MR) is 173 cm³/mol. The van der Waals surface area contributed by atoms with Crippen LogP contribution in [0.5, 0.6) is 0 Å². The van der Waals surface area contributed by atoms with Gasteiger partial charge in [0.15, 0.2) is 0 Å². The number of esters is 1. The highest BCUT2D eigenvalue weighted by atomic mass is 16.6.